The smallest absolute Gasteiger partial charge is 0.127 e. The van der Waals surface area contributed by atoms with Crippen molar-refractivity contribution in [3.63, 3.8) is 0 Å². The van der Waals surface area contributed by atoms with E-state index in [9.17, 15) is 9.50 Å². The Morgan fingerprint density at radius 1 is 0.933 bits per heavy atom. The summed E-state index contributed by atoms with van der Waals surface area (Å²) in [5.41, 5.74) is 1.07. The molecular weight excluding hydrogens is 195 g/mol. The van der Waals surface area contributed by atoms with E-state index < -0.39 is 0 Å². The molecular formula is C12H9FO2. The SMILES string of the molecule is Oc1ccc(-c2cccc(F)c2)c(O)c1. The molecule has 0 heterocycles. The Morgan fingerprint density at radius 2 is 1.73 bits per heavy atom. The van der Waals surface area contributed by atoms with E-state index >= 15 is 0 Å². The van der Waals surface area contributed by atoms with Crippen LogP contribution in [0.3, 0.4) is 0 Å². The maximum atomic E-state index is 12.9. The van der Waals surface area contributed by atoms with Crippen molar-refractivity contribution < 1.29 is 14.6 Å². The average Bonchev–Trinajstić information content (AvgIpc) is 2.17. The van der Waals surface area contributed by atoms with Crippen molar-refractivity contribution in [3.8, 4) is 22.6 Å². The predicted octanol–water partition coefficient (Wildman–Crippen LogP) is 2.90. The number of halogens is 1. The summed E-state index contributed by atoms with van der Waals surface area (Å²) in [5, 5.41) is 18.7. The van der Waals surface area contributed by atoms with E-state index in [0.29, 0.717) is 11.1 Å². The van der Waals surface area contributed by atoms with Gasteiger partial charge in [-0.25, -0.2) is 4.39 Å². The van der Waals surface area contributed by atoms with Crippen LogP contribution < -0.4 is 0 Å². The number of rotatable bonds is 1. The van der Waals surface area contributed by atoms with E-state index in [1.807, 2.05) is 0 Å². The molecule has 0 fully saturated rings. The Balaban J connectivity index is 2.54. The zero-order valence-corrected chi connectivity index (χ0v) is 7.81. The van der Waals surface area contributed by atoms with Crippen molar-refractivity contribution in [2.75, 3.05) is 0 Å². The molecule has 2 aromatic carbocycles. The van der Waals surface area contributed by atoms with Crippen LogP contribution in [0, 0.1) is 5.82 Å². The quantitative estimate of drug-likeness (QED) is 0.749. The number of phenolic OH excluding ortho intramolecular Hbond substituents is 2. The van der Waals surface area contributed by atoms with Gasteiger partial charge in [0.25, 0.3) is 0 Å². The molecule has 0 spiro atoms. The lowest BCUT2D eigenvalue weighted by Crippen LogP contribution is -1.80. The van der Waals surface area contributed by atoms with Gasteiger partial charge in [0.15, 0.2) is 0 Å². The molecule has 2 nitrogen and oxygen atoms in total. The van der Waals surface area contributed by atoms with Gasteiger partial charge in [-0.3, -0.25) is 0 Å². The van der Waals surface area contributed by atoms with Crippen LogP contribution >= 0.6 is 0 Å². The molecule has 0 atom stereocenters. The van der Waals surface area contributed by atoms with Crippen molar-refractivity contribution in [1.29, 1.82) is 0 Å². The number of phenols is 2. The molecule has 15 heavy (non-hydrogen) atoms. The summed E-state index contributed by atoms with van der Waals surface area (Å²) >= 11 is 0. The van der Waals surface area contributed by atoms with Crippen molar-refractivity contribution in [2.45, 2.75) is 0 Å². The Labute approximate surface area is 86.2 Å². The molecule has 0 bridgehead atoms. The van der Waals surface area contributed by atoms with Gasteiger partial charge in [-0.05, 0) is 29.8 Å². The molecule has 0 amide bonds. The largest absolute Gasteiger partial charge is 0.508 e. The normalized spacial score (nSPS) is 10.2. The van der Waals surface area contributed by atoms with Crippen LogP contribution in [0.1, 0.15) is 0 Å². The predicted molar refractivity (Wildman–Crippen MR) is 55.2 cm³/mol. The van der Waals surface area contributed by atoms with Gasteiger partial charge in [0.05, 0.1) is 0 Å². The third-order valence-electron chi connectivity index (χ3n) is 2.12. The van der Waals surface area contributed by atoms with E-state index in [2.05, 4.69) is 0 Å². The van der Waals surface area contributed by atoms with Gasteiger partial charge in [0.2, 0.25) is 0 Å². The lowest BCUT2D eigenvalue weighted by molar-refractivity contribution is 0.452. The molecule has 0 saturated heterocycles. The van der Waals surface area contributed by atoms with Crippen LogP contribution in [-0.4, -0.2) is 10.2 Å². The molecule has 2 aromatic rings. The third-order valence-corrected chi connectivity index (χ3v) is 2.12. The highest BCUT2D eigenvalue weighted by molar-refractivity contribution is 5.70. The van der Waals surface area contributed by atoms with E-state index in [1.165, 1.54) is 24.3 Å². The van der Waals surface area contributed by atoms with Gasteiger partial charge in [-0.15, -0.1) is 0 Å². The third kappa shape index (κ3) is 1.91. The first-order valence-electron chi connectivity index (χ1n) is 4.45. The van der Waals surface area contributed by atoms with Gasteiger partial charge in [0.1, 0.15) is 17.3 Å². The van der Waals surface area contributed by atoms with Crippen molar-refractivity contribution in [2.24, 2.45) is 0 Å². The van der Waals surface area contributed by atoms with Crippen LogP contribution in [-0.2, 0) is 0 Å². The molecule has 76 valence electrons. The van der Waals surface area contributed by atoms with Crippen molar-refractivity contribution >= 4 is 0 Å². The molecule has 0 radical (unpaired) electrons. The van der Waals surface area contributed by atoms with Crippen LogP contribution in [0.5, 0.6) is 11.5 Å². The molecule has 0 saturated carbocycles. The van der Waals surface area contributed by atoms with E-state index in [4.69, 9.17) is 5.11 Å². The highest BCUT2D eigenvalue weighted by Crippen LogP contribution is 2.31. The molecule has 0 aliphatic rings. The second kappa shape index (κ2) is 3.61. The molecule has 0 unspecified atom stereocenters. The number of hydrogen-bond acceptors (Lipinski definition) is 2. The Bertz CT molecular complexity index is 495. The Hall–Kier alpha value is -2.03. The average molecular weight is 204 g/mol. The van der Waals surface area contributed by atoms with Crippen LogP contribution in [0.15, 0.2) is 42.5 Å². The monoisotopic (exact) mass is 204 g/mol. The van der Waals surface area contributed by atoms with Gasteiger partial charge in [-0.2, -0.15) is 0 Å². The fourth-order valence-electron chi connectivity index (χ4n) is 1.42. The van der Waals surface area contributed by atoms with Gasteiger partial charge in [-0.1, -0.05) is 12.1 Å². The molecule has 2 N–H and O–H groups in total. The second-order valence-electron chi connectivity index (χ2n) is 3.21. The van der Waals surface area contributed by atoms with Gasteiger partial charge in [0, 0.05) is 11.6 Å². The molecule has 3 heteroatoms. The molecule has 2 rings (SSSR count). The minimum atomic E-state index is -0.361. The van der Waals surface area contributed by atoms with E-state index in [1.54, 1.807) is 18.2 Å². The lowest BCUT2D eigenvalue weighted by atomic mass is 10.0. The van der Waals surface area contributed by atoms with Crippen LogP contribution in [0.25, 0.3) is 11.1 Å². The number of benzene rings is 2. The summed E-state index contributed by atoms with van der Waals surface area (Å²) in [5.74, 6) is -0.451. The summed E-state index contributed by atoms with van der Waals surface area (Å²) in [4.78, 5) is 0. The summed E-state index contributed by atoms with van der Waals surface area (Å²) in [6.07, 6.45) is 0. The maximum Gasteiger partial charge on any atom is 0.127 e. The first-order chi connectivity index (χ1) is 7.16. The summed E-state index contributed by atoms with van der Waals surface area (Å²) in [6, 6.07) is 10.1. The maximum absolute atomic E-state index is 12.9. The van der Waals surface area contributed by atoms with Gasteiger partial charge < -0.3 is 10.2 Å². The Morgan fingerprint density at radius 3 is 2.40 bits per heavy atom. The van der Waals surface area contributed by atoms with Crippen molar-refractivity contribution in [3.05, 3.63) is 48.3 Å². The summed E-state index contributed by atoms with van der Waals surface area (Å²) < 4.78 is 12.9. The number of aromatic hydroxyl groups is 2. The summed E-state index contributed by atoms with van der Waals surface area (Å²) in [7, 11) is 0. The zero-order chi connectivity index (χ0) is 10.8. The van der Waals surface area contributed by atoms with E-state index in [-0.39, 0.29) is 17.3 Å². The lowest BCUT2D eigenvalue weighted by Gasteiger charge is -2.04. The first kappa shape index (κ1) is 9.52. The highest BCUT2D eigenvalue weighted by Gasteiger charge is 2.05. The van der Waals surface area contributed by atoms with Crippen LogP contribution in [0.2, 0.25) is 0 Å². The minimum absolute atomic E-state index is 0.0207. The summed E-state index contributed by atoms with van der Waals surface area (Å²) in [6.45, 7) is 0. The van der Waals surface area contributed by atoms with E-state index in [0.717, 1.165) is 0 Å². The first-order valence-corrected chi connectivity index (χ1v) is 4.45. The molecule has 0 aliphatic heterocycles. The number of hydrogen-bond donors (Lipinski definition) is 2. The molecule has 0 aromatic heterocycles. The Kier molecular flexibility index (Phi) is 2.29. The topological polar surface area (TPSA) is 40.5 Å². The standard InChI is InChI=1S/C12H9FO2/c13-9-3-1-2-8(6-9)11-5-4-10(14)7-12(11)15/h1-7,14-15H. The fraction of sp³-hybridized carbons (Fsp3) is 0. The molecule has 0 aliphatic carbocycles. The highest BCUT2D eigenvalue weighted by atomic mass is 19.1. The second-order valence-corrected chi connectivity index (χ2v) is 3.21. The fourth-order valence-corrected chi connectivity index (χ4v) is 1.42. The van der Waals surface area contributed by atoms with Crippen molar-refractivity contribution in [1.82, 2.24) is 0 Å². The van der Waals surface area contributed by atoms with Crippen LogP contribution in [0.4, 0.5) is 4.39 Å². The minimum Gasteiger partial charge on any atom is -0.508 e. The zero-order valence-electron chi connectivity index (χ0n) is 7.81. The van der Waals surface area contributed by atoms with Gasteiger partial charge >= 0.3 is 0 Å².